The third-order valence-corrected chi connectivity index (χ3v) is 4.77. The van der Waals surface area contributed by atoms with E-state index in [9.17, 15) is 9.59 Å². The Bertz CT molecular complexity index is 833. The van der Waals surface area contributed by atoms with E-state index in [1.807, 2.05) is 35.0 Å². The number of amides is 1. The van der Waals surface area contributed by atoms with Crippen LogP contribution in [-0.2, 0) is 35.6 Å². The molecule has 2 N–H and O–H groups in total. The van der Waals surface area contributed by atoms with Crippen molar-refractivity contribution >= 4 is 11.9 Å². The number of carboxylic acids is 1. The normalized spacial score (nSPS) is 14.2. The standard InChI is InChI=1S/C20H26N4O4/c1-28-18-6-3-2-5-15(18)12-21-19(25)14-23-9-4-10-24-17(13-23)11-16(22-24)7-8-20(26)27/h2-3,5-6,11H,4,7-10,12-14H2,1H3,(H,21,25)(H,26,27). The van der Waals surface area contributed by atoms with Crippen molar-refractivity contribution in [3.63, 3.8) is 0 Å². The van der Waals surface area contributed by atoms with Crippen molar-refractivity contribution in [2.45, 2.75) is 38.9 Å². The van der Waals surface area contributed by atoms with Crippen LogP contribution < -0.4 is 10.1 Å². The Morgan fingerprint density at radius 2 is 2.11 bits per heavy atom. The van der Waals surface area contributed by atoms with Gasteiger partial charge in [-0.2, -0.15) is 5.10 Å². The number of carbonyl (C=O) groups excluding carboxylic acids is 1. The van der Waals surface area contributed by atoms with Crippen LogP contribution in [0.2, 0.25) is 0 Å². The predicted molar refractivity (Wildman–Crippen MR) is 103 cm³/mol. The van der Waals surface area contributed by atoms with Gasteiger partial charge in [0.2, 0.25) is 5.91 Å². The first-order chi connectivity index (χ1) is 13.5. The fraction of sp³-hybridized carbons (Fsp3) is 0.450. The highest BCUT2D eigenvalue weighted by molar-refractivity contribution is 5.78. The molecule has 1 aromatic carbocycles. The first kappa shape index (κ1) is 19.9. The topological polar surface area (TPSA) is 96.7 Å². The molecule has 2 aromatic rings. The van der Waals surface area contributed by atoms with Gasteiger partial charge in [0.1, 0.15) is 5.75 Å². The molecule has 0 radical (unpaired) electrons. The van der Waals surface area contributed by atoms with Crippen molar-refractivity contribution < 1.29 is 19.4 Å². The number of hydrogen-bond acceptors (Lipinski definition) is 5. The molecule has 8 heteroatoms. The summed E-state index contributed by atoms with van der Waals surface area (Å²) in [5.41, 5.74) is 2.76. The number of benzene rings is 1. The number of ether oxygens (including phenoxy) is 1. The summed E-state index contributed by atoms with van der Waals surface area (Å²) in [6, 6.07) is 9.58. The highest BCUT2D eigenvalue weighted by atomic mass is 16.5. The number of aryl methyl sites for hydroxylation is 2. The second kappa shape index (κ2) is 9.36. The van der Waals surface area contributed by atoms with E-state index in [-0.39, 0.29) is 12.3 Å². The molecule has 3 rings (SSSR count). The quantitative estimate of drug-likeness (QED) is 0.712. The molecular formula is C20H26N4O4. The summed E-state index contributed by atoms with van der Waals surface area (Å²) in [7, 11) is 1.62. The zero-order chi connectivity index (χ0) is 19.9. The Labute approximate surface area is 164 Å². The lowest BCUT2D eigenvalue weighted by atomic mass is 10.2. The average molecular weight is 386 g/mol. The number of methoxy groups -OCH3 is 1. The van der Waals surface area contributed by atoms with Gasteiger partial charge in [-0.1, -0.05) is 18.2 Å². The van der Waals surface area contributed by atoms with E-state index in [1.165, 1.54) is 0 Å². The van der Waals surface area contributed by atoms with Crippen LogP contribution in [0.4, 0.5) is 0 Å². The van der Waals surface area contributed by atoms with Gasteiger partial charge in [0.05, 0.1) is 31.5 Å². The molecule has 1 amide bonds. The lowest BCUT2D eigenvalue weighted by Crippen LogP contribution is -2.36. The Kier molecular flexibility index (Phi) is 6.65. The highest BCUT2D eigenvalue weighted by Gasteiger charge is 2.19. The molecule has 0 unspecified atom stereocenters. The van der Waals surface area contributed by atoms with Gasteiger partial charge >= 0.3 is 5.97 Å². The molecule has 150 valence electrons. The van der Waals surface area contributed by atoms with Crippen LogP contribution in [0.1, 0.15) is 29.8 Å². The zero-order valence-electron chi connectivity index (χ0n) is 16.1. The summed E-state index contributed by atoms with van der Waals surface area (Å²) < 4.78 is 7.25. The van der Waals surface area contributed by atoms with E-state index >= 15 is 0 Å². The Morgan fingerprint density at radius 3 is 2.89 bits per heavy atom. The highest BCUT2D eigenvalue weighted by Crippen LogP contribution is 2.17. The molecule has 1 aromatic heterocycles. The van der Waals surface area contributed by atoms with E-state index in [4.69, 9.17) is 9.84 Å². The molecule has 0 aliphatic carbocycles. The largest absolute Gasteiger partial charge is 0.496 e. The summed E-state index contributed by atoms with van der Waals surface area (Å²) in [4.78, 5) is 25.3. The van der Waals surface area contributed by atoms with Crippen LogP contribution >= 0.6 is 0 Å². The molecule has 0 spiro atoms. The van der Waals surface area contributed by atoms with Crippen molar-refractivity contribution in [1.29, 1.82) is 0 Å². The van der Waals surface area contributed by atoms with E-state index < -0.39 is 5.97 Å². The maximum atomic E-state index is 12.4. The van der Waals surface area contributed by atoms with Crippen molar-refractivity contribution in [3.8, 4) is 5.75 Å². The number of rotatable bonds is 8. The van der Waals surface area contributed by atoms with Gasteiger partial charge in [-0.25, -0.2) is 0 Å². The van der Waals surface area contributed by atoms with Crippen LogP contribution in [0.25, 0.3) is 0 Å². The van der Waals surface area contributed by atoms with Crippen LogP contribution in [0, 0.1) is 0 Å². The maximum Gasteiger partial charge on any atom is 0.303 e. The fourth-order valence-electron chi connectivity index (χ4n) is 3.38. The minimum absolute atomic E-state index is 0.0371. The third kappa shape index (κ3) is 5.32. The van der Waals surface area contributed by atoms with E-state index in [2.05, 4.69) is 15.3 Å². The summed E-state index contributed by atoms with van der Waals surface area (Å²) in [6.07, 6.45) is 1.40. The van der Waals surface area contributed by atoms with Crippen molar-refractivity contribution in [2.24, 2.45) is 0 Å². The fourth-order valence-corrected chi connectivity index (χ4v) is 3.38. The molecule has 8 nitrogen and oxygen atoms in total. The van der Waals surface area contributed by atoms with Gasteiger partial charge in [0.15, 0.2) is 0 Å². The molecule has 0 fully saturated rings. The van der Waals surface area contributed by atoms with Gasteiger partial charge < -0.3 is 15.2 Å². The number of nitrogens with one attached hydrogen (secondary N) is 1. The Morgan fingerprint density at radius 1 is 1.29 bits per heavy atom. The van der Waals surface area contributed by atoms with Gasteiger partial charge in [0, 0.05) is 38.2 Å². The van der Waals surface area contributed by atoms with Gasteiger partial charge in [0.25, 0.3) is 0 Å². The van der Waals surface area contributed by atoms with Crippen molar-refractivity contribution in [3.05, 3.63) is 47.3 Å². The number of fused-ring (bicyclic) bond motifs is 1. The molecule has 0 bridgehead atoms. The van der Waals surface area contributed by atoms with Gasteiger partial charge in [-0.3, -0.25) is 19.2 Å². The number of nitrogens with zero attached hydrogens (tertiary/aromatic N) is 3. The smallest absolute Gasteiger partial charge is 0.303 e. The SMILES string of the molecule is COc1ccccc1CNC(=O)CN1CCCn2nc(CCC(=O)O)cc2C1. The lowest BCUT2D eigenvalue weighted by molar-refractivity contribution is -0.137. The molecule has 0 atom stereocenters. The van der Waals surface area contributed by atoms with Crippen LogP contribution in [-0.4, -0.2) is 51.9 Å². The van der Waals surface area contributed by atoms with Gasteiger partial charge in [-0.05, 0) is 18.6 Å². The molecule has 1 aliphatic rings. The first-order valence-corrected chi connectivity index (χ1v) is 9.43. The Balaban J connectivity index is 1.54. The molecule has 0 saturated carbocycles. The summed E-state index contributed by atoms with van der Waals surface area (Å²) in [6.45, 7) is 2.96. The molecule has 0 saturated heterocycles. The van der Waals surface area contributed by atoms with Crippen LogP contribution in [0.3, 0.4) is 0 Å². The summed E-state index contributed by atoms with van der Waals surface area (Å²) >= 11 is 0. The number of aromatic nitrogens is 2. The minimum atomic E-state index is -0.823. The minimum Gasteiger partial charge on any atom is -0.496 e. The maximum absolute atomic E-state index is 12.4. The van der Waals surface area contributed by atoms with Crippen LogP contribution in [0.15, 0.2) is 30.3 Å². The number of hydrogen-bond donors (Lipinski definition) is 2. The van der Waals surface area contributed by atoms with Crippen LogP contribution in [0.5, 0.6) is 5.75 Å². The molecule has 1 aliphatic heterocycles. The number of carbonyl (C=O) groups is 2. The molecule has 28 heavy (non-hydrogen) atoms. The summed E-state index contributed by atoms with van der Waals surface area (Å²) in [5.74, 6) is -0.100. The number of carboxylic acid groups (broad SMARTS) is 1. The summed E-state index contributed by atoms with van der Waals surface area (Å²) in [5, 5.41) is 16.3. The molecule has 2 heterocycles. The average Bonchev–Trinajstić information content (AvgIpc) is 2.97. The second-order valence-electron chi connectivity index (χ2n) is 6.90. The van der Waals surface area contributed by atoms with Gasteiger partial charge in [-0.15, -0.1) is 0 Å². The third-order valence-electron chi connectivity index (χ3n) is 4.77. The zero-order valence-corrected chi connectivity index (χ0v) is 16.1. The van der Waals surface area contributed by atoms with E-state index in [0.29, 0.717) is 26.1 Å². The van der Waals surface area contributed by atoms with Crippen molar-refractivity contribution in [1.82, 2.24) is 20.0 Å². The van der Waals surface area contributed by atoms with E-state index in [1.54, 1.807) is 7.11 Å². The second-order valence-corrected chi connectivity index (χ2v) is 6.90. The lowest BCUT2D eigenvalue weighted by Gasteiger charge is -2.19. The Hall–Kier alpha value is -2.87. The first-order valence-electron chi connectivity index (χ1n) is 9.43. The monoisotopic (exact) mass is 386 g/mol. The predicted octanol–water partition coefficient (Wildman–Crippen LogP) is 1.43. The number of para-hydroxylation sites is 1. The van der Waals surface area contributed by atoms with Crippen molar-refractivity contribution in [2.75, 3.05) is 20.2 Å². The molecular weight excluding hydrogens is 360 g/mol. The number of aliphatic carboxylic acids is 1. The van der Waals surface area contributed by atoms with E-state index in [0.717, 1.165) is 42.2 Å².